The first-order chi connectivity index (χ1) is 7.61. The van der Waals surface area contributed by atoms with E-state index in [1.165, 1.54) is 12.8 Å². The highest BCUT2D eigenvalue weighted by molar-refractivity contribution is 5.00. The predicted octanol–water partition coefficient (Wildman–Crippen LogP) is 2.41. The average Bonchev–Trinajstić information content (AvgIpc) is 2.97. The second-order valence-electron chi connectivity index (χ2n) is 5.07. The van der Waals surface area contributed by atoms with E-state index >= 15 is 0 Å². The van der Waals surface area contributed by atoms with Gasteiger partial charge in [-0.05, 0) is 38.3 Å². The largest absolute Gasteiger partial charge is 0.468 e. The smallest absolute Gasteiger partial charge is 0.117 e. The number of nitrogens with zero attached hydrogens (tertiary/aromatic N) is 1. The zero-order valence-electron chi connectivity index (χ0n) is 10.1. The lowest BCUT2D eigenvalue weighted by atomic mass is 10.0. The van der Waals surface area contributed by atoms with Crippen LogP contribution in [0.25, 0.3) is 0 Å². The Balaban J connectivity index is 1.95. The molecule has 0 spiro atoms. The van der Waals surface area contributed by atoms with E-state index in [-0.39, 0.29) is 0 Å². The Labute approximate surface area is 97.1 Å². The summed E-state index contributed by atoms with van der Waals surface area (Å²) in [6, 6.07) is 4.55. The zero-order chi connectivity index (χ0) is 11.6. The quantitative estimate of drug-likeness (QED) is 0.804. The van der Waals surface area contributed by atoms with Gasteiger partial charge in [0.2, 0.25) is 0 Å². The summed E-state index contributed by atoms with van der Waals surface area (Å²) in [5.41, 5.74) is -0.588. The SMILES string of the molecule is CCC(C)(O)CN(Cc1ccco1)C1CC1. The third kappa shape index (κ3) is 3.09. The Morgan fingerprint density at radius 3 is 2.81 bits per heavy atom. The van der Waals surface area contributed by atoms with Crippen LogP contribution in [0.3, 0.4) is 0 Å². The molecular weight excluding hydrogens is 202 g/mol. The van der Waals surface area contributed by atoms with E-state index in [2.05, 4.69) is 4.90 Å². The van der Waals surface area contributed by atoms with E-state index in [0.29, 0.717) is 6.04 Å². The van der Waals surface area contributed by atoms with Crippen molar-refractivity contribution in [1.82, 2.24) is 4.90 Å². The molecule has 0 aromatic carbocycles. The van der Waals surface area contributed by atoms with Gasteiger partial charge < -0.3 is 9.52 Å². The summed E-state index contributed by atoms with van der Waals surface area (Å²) in [5.74, 6) is 0.985. The first kappa shape index (κ1) is 11.7. The molecule has 0 saturated heterocycles. The van der Waals surface area contributed by atoms with Crippen molar-refractivity contribution in [1.29, 1.82) is 0 Å². The summed E-state index contributed by atoms with van der Waals surface area (Å²) in [4.78, 5) is 2.34. The molecular formula is C13H21NO2. The molecule has 1 unspecified atom stereocenters. The first-order valence-corrected chi connectivity index (χ1v) is 6.09. The topological polar surface area (TPSA) is 36.6 Å². The van der Waals surface area contributed by atoms with Crippen LogP contribution in [-0.4, -0.2) is 28.2 Å². The van der Waals surface area contributed by atoms with E-state index in [0.717, 1.165) is 25.3 Å². The summed E-state index contributed by atoms with van der Waals surface area (Å²) in [6.07, 6.45) is 4.99. The highest BCUT2D eigenvalue weighted by Gasteiger charge is 2.33. The van der Waals surface area contributed by atoms with E-state index in [1.54, 1.807) is 6.26 Å². The molecule has 1 aromatic heterocycles. The van der Waals surface area contributed by atoms with Crippen molar-refractivity contribution >= 4 is 0 Å². The molecule has 0 aliphatic heterocycles. The van der Waals surface area contributed by atoms with Crippen molar-refractivity contribution in [2.45, 2.75) is 51.3 Å². The highest BCUT2D eigenvalue weighted by atomic mass is 16.3. The normalized spacial score (nSPS) is 20.0. The molecule has 1 aromatic rings. The fourth-order valence-corrected chi connectivity index (χ4v) is 1.91. The predicted molar refractivity (Wildman–Crippen MR) is 63.1 cm³/mol. The first-order valence-electron chi connectivity index (χ1n) is 6.09. The third-order valence-corrected chi connectivity index (χ3v) is 3.31. The molecule has 3 heteroatoms. The summed E-state index contributed by atoms with van der Waals surface area (Å²) < 4.78 is 5.37. The van der Waals surface area contributed by atoms with Gasteiger partial charge in [0.1, 0.15) is 5.76 Å². The zero-order valence-corrected chi connectivity index (χ0v) is 10.1. The van der Waals surface area contributed by atoms with Crippen LogP contribution in [-0.2, 0) is 6.54 Å². The molecule has 0 amide bonds. The van der Waals surface area contributed by atoms with Gasteiger partial charge in [-0.3, -0.25) is 4.90 Å². The van der Waals surface area contributed by atoms with Gasteiger partial charge in [0.25, 0.3) is 0 Å². The Bertz CT molecular complexity index is 315. The Morgan fingerprint density at radius 2 is 2.31 bits per heavy atom. The molecule has 90 valence electrons. The lowest BCUT2D eigenvalue weighted by Crippen LogP contribution is -2.41. The standard InChI is InChI=1S/C13H21NO2/c1-3-13(2,15)10-14(11-6-7-11)9-12-5-4-8-16-12/h4-5,8,11,15H,3,6-7,9-10H2,1-2H3. The maximum atomic E-state index is 10.1. The highest BCUT2D eigenvalue weighted by Crippen LogP contribution is 2.30. The molecule has 1 N–H and O–H groups in total. The van der Waals surface area contributed by atoms with Gasteiger partial charge in [-0.1, -0.05) is 6.92 Å². The van der Waals surface area contributed by atoms with Crippen molar-refractivity contribution in [2.75, 3.05) is 6.54 Å². The Kier molecular flexibility index (Phi) is 3.36. The van der Waals surface area contributed by atoms with Gasteiger partial charge in [0.05, 0.1) is 18.4 Å². The van der Waals surface area contributed by atoms with E-state index in [4.69, 9.17) is 4.42 Å². The molecule has 0 bridgehead atoms. The fourth-order valence-electron chi connectivity index (χ4n) is 1.91. The van der Waals surface area contributed by atoms with Crippen molar-refractivity contribution in [3.63, 3.8) is 0 Å². The van der Waals surface area contributed by atoms with E-state index in [1.807, 2.05) is 26.0 Å². The summed E-state index contributed by atoms with van der Waals surface area (Å²) in [5, 5.41) is 10.1. The lowest BCUT2D eigenvalue weighted by molar-refractivity contribution is 0.00942. The van der Waals surface area contributed by atoms with Gasteiger partial charge in [-0.15, -0.1) is 0 Å². The maximum Gasteiger partial charge on any atom is 0.117 e. The van der Waals surface area contributed by atoms with Gasteiger partial charge >= 0.3 is 0 Å². The summed E-state index contributed by atoms with van der Waals surface area (Å²) >= 11 is 0. The third-order valence-electron chi connectivity index (χ3n) is 3.31. The second kappa shape index (κ2) is 4.60. The van der Waals surface area contributed by atoms with E-state index in [9.17, 15) is 5.11 Å². The molecule has 1 aliphatic rings. The van der Waals surface area contributed by atoms with E-state index < -0.39 is 5.60 Å². The van der Waals surface area contributed by atoms with Crippen LogP contribution in [0.15, 0.2) is 22.8 Å². The molecule has 1 atom stereocenters. The number of rotatable bonds is 6. The Hall–Kier alpha value is -0.800. The minimum Gasteiger partial charge on any atom is -0.468 e. The Morgan fingerprint density at radius 1 is 1.56 bits per heavy atom. The van der Waals surface area contributed by atoms with Gasteiger partial charge in [-0.2, -0.15) is 0 Å². The second-order valence-corrected chi connectivity index (χ2v) is 5.07. The van der Waals surface area contributed by atoms with Crippen molar-refractivity contribution in [3.8, 4) is 0 Å². The van der Waals surface area contributed by atoms with Gasteiger partial charge in [-0.25, -0.2) is 0 Å². The number of hydrogen-bond donors (Lipinski definition) is 1. The van der Waals surface area contributed by atoms with Crippen molar-refractivity contribution in [2.24, 2.45) is 0 Å². The van der Waals surface area contributed by atoms with Crippen LogP contribution in [0.1, 0.15) is 38.9 Å². The molecule has 16 heavy (non-hydrogen) atoms. The molecule has 0 radical (unpaired) electrons. The van der Waals surface area contributed by atoms with Crippen LogP contribution < -0.4 is 0 Å². The fraction of sp³-hybridized carbons (Fsp3) is 0.692. The number of aliphatic hydroxyl groups is 1. The molecule has 1 fully saturated rings. The number of hydrogen-bond acceptors (Lipinski definition) is 3. The average molecular weight is 223 g/mol. The lowest BCUT2D eigenvalue weighted by Gasteiger charge is -2.30. The molecule has 1 aliphatic carbocycles. The van der Waals surface area contributed by atoms with Crippen LogP contribution in [0.5, 0.6) is 0 Å². The minimum absolute atomic E-state index is 0.588. The number of furan rings is 1. The molecule has 2 rings (SSSR count). The van der Waals surface area contributed by atoms with Crippen LogP contribution in [0.4, 0.5) is 0 Å². The molecule has 3 nitrogen and oxygen atoms in total. The monoisotopic (exact) mass is 223 g/mol. The van der Waals surface area contributed by atoms with Crippen LogP contribution >= 0.6 is 0 Å². The van der Waals surface area contributed by atoms with Crippen molar-refractivity contribution < 1.29 is 9.52 Å². The maximum absolute atomic E-state index is 10.1. The van der Waals surface area contributed by atoms with Crippen LogP contribution in [0.2, 0.25) is 0 Å². The molecule has 1 heterocycles. The van der Waals surface area contributed by atoms with Gasteiger partial charge in [0, 0.05) is 12.6 Å². The van der Waals surface area contributed by atoms with Crippen molar-refractivity contribution in [3.05, 3.63) is 24.2 Å². The summed E-state index contributed by atoms with van der Waals surface area (Å²) in [7, 11) is 0. The summed E-state index contributed by atoms with van der Waals surface area (Å²) in [6.45, 7) is 5.48. The minimum atomic E-state index is -0.588. The van der Waals surface area contributed by atoms with Crippen LogP contribution in [0, 0.1) is 0 Å². The van der Waals surface area contributed by atoms with Gasteiger partial charge in [0.15, 0.2) is 0 Å². The molecule has 1 saturated carbocycles.